The molecule has 1 N–H and O–H groups in total. The number of aryl methyl sites for hydroxylation is 1. The van der Waals surface area contributed by atoms with E-state index >= 15 is 0 Å². The van der Waals surface area contributed by atoms with Crippen LogP contribution in [-0.2, 0) is 4.79 Å². The molecule has 4 nitrogen and oxygen atoms in total. The van der Waals surface area contributed by atoms with Gasteiger partial charge in [0.15, 0.2) is 0 Å². The molecule has 0 spiro atoms. The number of carbonyl (C=O) groups is 2. The monoisotopic (exact) mass is 208 g/mol. The van der Waals surface area contributed by atoms with Gasteiger partial charge in [-0.2, -0.15) is 0 Å². The predicted molar refractivity (Wildman–Crippen MR) is 52.0 cm³/mol. The van der Waals surface area contributed by atoms with Crippen molar-refractivity contribution in [2.24, 2.45) is 0 Å². The maximum atomic E-state index is 13.1. The second-order valence-electron chi connectivity index (χ2n) is 3.37. The zero-order valence-electron chi connectivity index (χ0n) is 8.08. The lowest BCUT2D eigenvalue weighted by Crippen LogP contribution is -2.30. The summed E-state index contributed by atoms with van der Waals surface area (Å²) < 4.78 is 13.1. The van der Waals surface area contributed by atoms with E-state index in [0.29, 0.717) is 5.56 Å². The van der Waals surface area contributed by atoms with E-state index in [1.165, 1.54) is 6.07 Å². The number of amides is 3. The summed E-state index contributed by atoms with van der Waals surface area (Å²) in [7, 11) is 0. The Morgan fingerprint density at radius 1 is 1.33 bits per heavy atom. The highest BCUT2D eigenvalue weighted by Gasteiger charge is 2.30. The summed E-state index contributed by atoms with van der Waals surface area (Å²) >= 11 is 0. The Morgan fingerprint density at radius 3 is 2.60 bits per heavy atom. The maximum absolute atomic E-state index is 13.1. The second-order valence-corrected chi connectivity index (χ2v) is 3.37. The number of anilines is 1. The van der Waals surface area contributed by atoms with Gasteiger partial charge in [-0.25, -0.2) is 14.1 Å². The fourth-order valence-electron chi connectivity index (χ4n) is 1.53. The summed E-state index contributed by atoms with van der Waals surface area (Å²) in [6, 6.07) is 3.58. The van der Waals surface area contributed by atoms with Gasteiger partial charge in [-0.05, 0) is 30.7 Å². The van der Waals surface area contributed by atoms with Crippen LogP contribution in [0.15, 0.2) is 18.2 Å². The van der Waals surface area contributed by atoms with Crippen LogP contribution in [0, 0.1) is 12.7 Å². The van der Waals surface area contributed by atoms with Gasteiger partial charge in [0.1, 0.15) is 5.82 Å². The average Bonchev–Trinajstić information content (AvgIpc) is 2.44. The van der Waals surface area contributed by atoms with E-state index in [1.807, 2.05) is 0 Å². The van der Waals surface area contributed by atoms with Crippen LogP contribution in [0.1, 0.15) is 5.56 Å². The Hall–Kier alpha value is -1.91. The van der Waals surface area contributed by atoms with Crippen molar-refractivity contribution in [3.05, 3.63) is 29.6 Å². The highest BCUT2D eigenvalue weighted by molar-refractivity contribution is 6.19. The zero-order valence-corrected chi connectivity index (χ0v) is 8.08. The molecule has 1 aromatic carbocycles. The van der Waals surface area contributed by atoms with Crippen molar-refractivity contribution in [2.45, 2.75) is 6.92 Å². The summed E-state index contributed by atoms with van der Waals surface area (Å²) in [5, 5.41) is 2.37. The average molecular weight is 208 g/mol. The summed E-state index contributed by atoms with van der Waals surface area (Å²) in [6.07, 6.45) is 0. The van der Waals surface area contributed by atoms with Crippen LogP contribution in [0.4, 0.5) is 14.9 Å². The minimum atomic E-state index is -0.509. The van der Waals surface area contributed by atoms with E-state index in [4.69, 9.17) is 0 Å². The number of hydrogen-bond acceptors (Lipinski definition) is 2. The molecule has 78 valence electrons. The van der Waals surface area contributed by atoms with Crippen molar-refractivity contribution in [1.82, 2.24) is 5.32 Å². The lowest BCUT2D eigenvalue weighted by molar-refractivity contribution is -0.115. The SMILES string of the molecule is Cc1cc(F)cc(N2C(=O)CNC2=O)c1. The summed E-state index contributed by atoms with van der Waals surface area (Å²) in [5.41, 5.74) is 0.935. The van der Waals surface area contributed by atoms with Crippen LogP contribution in [-0.4, -0.2) is 18.5 Å². The molecule has 0 bridgehead atoms. The summed E-state index contributed by atoms with van der Waals surface area (Å²) in [6.45, 7) is 1.67. The highest BCUT2D eigenvalue weighted by atomic mass is 19.1. The maximum Gasteiger partial charge on any atom is 0.329 e. The molecule has 1 aliphatic heterocycles. The van der Waals surface area contributed by atoms with Crippen molar-refractivity contribution in [3.63, 3.8) is 0 Å². The van der Waals surface area contributed by atoms with E-state index in [0.717, 1.165) is 11.0 Å². The molecule has 1 aromatic rings. The number of carbonyl (C=O) groups excluding carboxylic acids is 2. The molecular weight excluding hydrogens is 199 g/mol. The Kier molecular flexibility index (Phi) is 2.15. The molecule has 5 heteroatoms. The molecule has 2 rings (SSSR count). The van der Waals surface area contributed by atoms with Crippen molar-refractivity contribution >= 4 is 17.6 Å². The van der Waals surface area contributed by atoms with Crippen molar-refractivity contribution in [1.29, 1.82) is 0 Å². The molecule has 0 aliphatic carbocycles. The number of nitrogens with zero attached hydrogens (tertiary/aromatic N) is 1. The van der Waals surface area contributed by atoms with Gasteiger partial charge < -0.3 is 5.32 Å². The van der Waals surface area contributed by atoms with Crippen LogP contribution in [0.3, 0.4) is 0 Å². The van der Waals surface area contributed by atoms with Gasteiger partial charge in [-0.1, -0.05) is 0 Å². The minimum absolute atomic E-state index is 0.0333. The molecule has 0 atom stereocenters. The second kappa shape index (κ2) is 3.34. The van der Waals surface area contributed by atoms with E-state index in [-0.39, 0.29) is 18.1 Å². The van der Waals surface area contributed by atoms with Gasteiger partial charge in [0, 0.05) is 0 Å². The zero-order chi connectivity index (χ0) is 11.0. The van der Waals surface area contributed by atoms with Gasteiger partial charge in [-0.15, -0.1) is 0 Å². The Balaban J connectivity index is 2.44. The molecule has 3 amide bonds. The normalized spacial score (nSPS) is 15.7. The smallest absolute Gasteiger partial charge is 0.328 e. The Bertz CT molecular complexity index is 409. The standard InChI is InChI=1S/C10H9FN2O2/c1-6-2-7(11)4-8(3-6)13-9(14)5-12-10(13)15/h2-4H,5H2,1H3,(H,12,15). The van der Waals surface area contributed by atoms with E-state index in [2.05, 4.69) is 5.32 Å². The topological polar surface area (TPSA) is 49.4 Å². The summed E-state index contributed by atoms with van der Waals surface area (Å²) in [5.74, 6) is -0.831. The molecule has 1 saturated heterocycles. The number of hydrogen-bond donors (Lipinski definition) is 1. The van der Waals surface area contributed by atoms with E-state index in [1.54, 1.807) is 13.0 Å². The first-order valence-corrected chi connectivity index (χ1v) is 4.46. The number of benzene rings is 1. The van der Waals surface area contributed by atoms with Gasteiger partial charge in [0.25, 0.3) is 5.91 Å². The number of imide groups is 1. The lowest BCUT2D eigenvalue weighted by Gasteiger charge is -2.12. The predicted octanol–water partition coefficient (Wildman–Crippen LogP) is 1.19. The molecule has 1 aliphatic rings. The first-order valence-electron chi connectivity index (χ1n) is 4.46. The number of urea groups is 1. The third-order valence-corrected chi connectivity index (χ3v) is 2.13. The first-order chi connectivity index (χ1) is 7.08. The van der Waals surface area contributed by atoms with Gasteiger partial charge in [-0.3, -0.25) is 4.79 Å². The fourth-order valence-corrected chi connectivity index (χ4v) is 1.53. The molecule has 1 fully saturated rings. The number of halogens is 1. The third kappa shape index (κ3) is 1.68. The number of rotatable bonds is 1. The summed E-state index contributed by atoms with van der Waals surface area (Å²) in [4.78, 5) is 23.5. The van der Waals surface area contributed by atoms with Crippen molar-refractivity contribution < 1.29 is 14.0 Å². The molecule has 15 heavy (non-hydrogen) atoms. The van der Waals surface area contributed by atoms with E-state index < -0.39 is 11.8 Å². The largest absolute Gasteiger partial charge is 0.329 e. The lowest BCUT2D eigenvalue weighted by atomic mass is 10.2. The van der Waals surface area contributed by atoms with Gasteiger partial charge >= 0.3 is 6.03 Å². The molecule has 0 aromatic heterocycles. The Labute approximate surface area is 85.7 Å². The van der Waals surface area contributed by atoms with Gasteiger partial charge in [0.2, 0.25) is 0 Å². The first kappa shape index (κ1) is 9.64. The molecule has 0 unspecified atom stereocenters. The quantitative estimate of drug-likeness (QED) is 0.705. The van der Waals surface area contributed by atoms with Crippen LogP contribution in [0.5, 0.6) is 0 Å². The number of nitrogens with one attached hydrogen (secondary N) is 1. The van der Waals surface area contributed by atoms with E-state index in [9.17, 15) is 14.0 Å². The van der Waals surface area contributed by atoms with Crippen LogP contribution < -0.4 is 10.2 Å². The van der Waals surface area contributed by atoms with Crippen LogP contribution in [0.25, 0.3) is 0 Å². The molecule has 0 radical (unpaired) electrons. The van der Waals surface area contributed by atoms with Crippen LogP contribution in [0.2, 0.25) is 0 Å². The molecule has 0 saturated carbocycles. The Morgan fingerprint density at radius 2 is 2.07 bits per heavy atom. The minimum Gasteiger partial charge on any atom is -0.328 e. The molecule has 1 heterocycles. The van der Waals surface area contributed by atoms with Crippen LogP contribution >= 0.6 is 0 Å². The highest BCUT2D eigenvalue weighted by Crippen LogP contribution is 2.20. The van der Waals surface area contributed by atoms with Crippen molar-refractivity contribution in [3.8, 4) is 0 Å². The third-order valence-electron chi connectivity index (χ3n) is 2.13. The van der Waals surface area contributed by atoms with Gasteiger partial charge in [0.05, 0.1) is 12.2 Å². The molecular formula is C10H9FN2O2. The fraction of sp³-hybridized carbons (Fsp3) is 0.200. The van der Waals surface area contributed by atoms with Crippen molar-refractivity contribution in [2.75, 3.05) is 11.4 Å².